The van der Waals surface area contributed by atoms with Crippen molar-refractivity contribution in [1.82, 2.24) is 14.9 Å². The molecule has 1 aromatic heterocycles. The number of carbonyl (C=O) groups is 1. The van der Waals surface area contributed by atoms with E-state index in [0.29, 0.717) is 23.9 Å². The summed E-state index contributed by atoms with van der Waals surface area (Å²) in [7, 11) is 3.95. The fourth-order valence-corrected chi connectivity index (χ4v) is 1.94. The van der Waals surface area contributed by atoms with Crippen LogP contribution >= 0.6 is 0 Å². The maximum Gasteiger partial charge on any atom is 0.274 e. The third-order valence-electron chi connectivity index (χ3n) is 3.02. The zero-order valence-corrected chi connectivity index (χ0v) is 13.4. The molecule has 0 bridgehead atoms. The Kier molecular flexibility index (Phi) is 5.59. The van der Waals surface area contributed by atoms with Crippen molar-refractivity contribution in [2.75, 3.05) is 37.8 Å². The van der Waals surface area contributed by atoms with Crippen LogP contribution in [0.3, 0.4) is 0 Å². The number of rotatable bonds is 6. The summed E-state index contributed by atoms with van der Waals surface area (Å²) in [5.41, 5.74) is 0.613. The van der Waals surface area contributed by atoms with Gasteiger partial charge in [-0.05, 0) is 39.2 Å². The van der Waals surface area contributed by atoms with Crippen molar-refractivity contribution < 1.29 is 9.18 Å². The Morgan fingerprint density at radius 2 is 2.04 bits per heavy atom. The van der Waals surface area contributed by atoms with E-state index in [9.17, 15) is 9.18 Å². The monoisotopic (exact) mass is 317 g/mol. The molecule has 2 N–H and O–H groups in total. The summed E-state index contributed by atoms with van der Waals surface area (Å²) in [5, 5.41) is 5.77. The number of nitrogens with one attached hydrogen (secondary N) is 2. The molecular formula is C16H20FN5O. The van der Waals surface area contributed by atoms with Crippen molar-refractivity contribution in [1.29, 1.82) is 0 Å². The zero-order valence-electron chi connectivity index (χ0n) is 13.4. The number of aromatic nitrogens is 2. The molecule has 0 aliphatic carbocycles. The van der Waals surface area contributed by atoms with Crippen LogP contribution in [0.1, 0.15) is 16.3 Å². The molecule has 0 fully saturated rings. The van der Waals surface area contributed by atoms with E-state index in [0.717, 1.165) is 6.54 Å². The maximum atomic E-state index is 13.2. The molecule has 1 aromatic carbocycles. The van der Waals surface area contributed by atoms with Crippen LogP contribution in [0.25, 0.3) is 0 Å². The topological polar surface area (TPSA) is 70.2 Å². The van der Waals surface area contributed by atoms with Gasteiger partial charge in [-0.25, -0.2) is 14.4 Å². The highest BCUT2D eigenvalue weighted by atomic mass is 19.1. The molecule has 23 heavy (non-hydrogen) atoms. The molecule has 1 amide bonds. The van der Waals surface area contributed by atoms with Gasteiger partial charge in [0.2, 0.25) is 0 Å². The lowest BCUT2D eigenvalue weighted by Gasteiger charge is -2.12. The minimum Gasteiger partial charge on any atom is -0.369 e. The third-order valence-corrected chi connectivity index (χ3v) is 3.02. The molecule has 2 rings (SSSR count). The SMILES string of the molecule is Cc1nc(NCCN(C)C)cc(C(=O)Nc2cccc(F)c2)n1. The molecule has 0 atom stereocenters. The average molecular weight is 317 g/mol. The summed E-state index contributed by atoms with van der Waals surface area (Å²) in [5.74, 6) is 0.262. The van der Waals surface area contributed by atoms with Gasteiger partial charge in [-0.2, -0.15) is 0 Å². The molecule has 0 aliphatic heterocycles. The second kappa shape index (κ2) is 7.64. The minimum absolute atomic E-state index is 0.231. The number of halogens is 1. The van der Waals surface area contributed by atoms with Gasteiger partial charge in [0.25, 0.3) is 5.91 Å². The molecule has 122 valence electrons. The lowest BCUT2D eigenvalue weighted by Crippen LogP contribution is -2.22. The molecule has 0 spiro atoms. The normalized spacial score (nSPS) is 10.7. The molecular weight excluding hydrogens is 297 g/mol. The van der Waals surface area contributed by atoms with Crippen LogP contribution in [-0.4, -0.2) is 48.0 Å². The molecule has 0 unspecified atom stereocenters. The maximum absolute atomic E-state index is 13.2. The molecule has 6 nitrogen and oxygen atoms in total. The first-order valence-corrected chi connectivity index (χ1v) is 7.25. The number of likely N-dealkylation sites (N-methyl/N-ethyl adjacent to an activating group) is 1. The van der Waals surface area contributed by atoms with Crippen LogP contribution in [0.15, 0.2) is 30.3 Å². The number of nitrogens with zero attached hydrogens (tertiary/aromatic N) is 3. The quantitative estimate of drug-likeness (QED) is 0.854. The van der Waals surface area contributed by atoms with E-state index < -0.39 is 11.7 Å². The van der Waals surface area contributed by atoms with Gasteiger partial charge in [-0.3, -0.25) is 4.79 Å². The van der Waals surface area contributed by atoms with Crippen molar-refractivity contribution in [2.24, 2.45) is 0 Å². The molecule has 1 heterocycles. The zero-order chi connectivity index (χ0) is 16.8. The Morgan fingerprint density at radius 3 is 2.74 bits per heavy atom. The van der Waals surface area contributed by atoms with Crippen molar-refractivity contribution >= 4 is 17.4 Å². The van der Waals surface area contributed by atoms with Crippen LogP contribution in [0.5, 0.6) is 0 Å². The summed E-state index contributed by atoms with van der Waals surface area (Å²) in [6.45, 7) is 3.26. The van der Waals surface area contributed by atoms with Crippen molar-refractivity contribution in [3.05, 3.63) is 47.7 Å². The van der Waals surface area contributed by atoms with Crippen molar-refractivity contribution in [2.45, 2.75) is 6.92 Å². The van der Waals surface area contributed by atoms with Gasteiger partial charge in [-0.1, -0.05) is 6.07 Å². The largest absolute Gasteiger partial charge is 0.369 e. The lowest BCUT2D eigenvalue weighted by molar-refractivity contribution is 0.102. The number of amides is 1. The van der Waals surface area contributed by atoms with E-state index >= 15 is 0 Å². The summed E-state index contributed by atoms with van der Waals surface area (Å²) >= 11 is 0. The van der Waals surface area contributed by atoms with Crippen LogP contribution in [0, 0.1) is 12.7 Å². The first-order valence-electron chi connectivity index (χ1n) is 7.25. The van der Waals surface area contributed by atoms with Gasteiger partial charge in [0.15, 0.2) is 0 Å². The highest BCUT2D eigenvalue weighted by Gasteiger charge is 2.11. The van der Waals surface area contributed by atoms with Gasteiger partial charge in [0, 0.05) is 24.8 Å². The molecule has 7 heteroatoms. The van der Waals surface area contributed by atoms with Gasteiger partial charge >= 0.3 is 0 Å². The number of carbonyl (C=O) groups excluding carboxylic acids is 1. The first kappa shape index (κ1) is 16.8. The number of anilines is 2. The van der Waals surface area contributed by atoms with Gasteiger partial charge in [0.1, 0.15) is 23.2 Å². The average Bonchev–Trinajstić information content (AvgIpc) is 2.46. The van der Waals surface area contributed by atoms with Gasteiger partial charge in [-0.15, -0.1) is 0 Å². The predicted molar refractivity (Wildman–Crippen MR) is 88.2 cm³/mol. The Hall–Kier alpha value is -2.54. The van der Waals surface area contributed by atoms with E-state index in [1.165, 1.54) is 18.2 Å². The van der Waals surface area contributed by atoms with Gasteiger partial charge in [0.05, 0.1) is 0 Å². The fourth-order valence-electron chi connectivity index (χ4n) is 1.94. The minimum atomic E-state index is -0.410. The highest BCUT2D eigenvalue weighted by Crippen LogP contribution is 2.12. The Balaban J connectivity index is 2.09. The number of benzene rings is 1. The van der Waals surface area contributed by atoms with Crippen LogP contribution in [0.2, 0.25) is 0 Å². The van der Waals surface area contributed by atoms with E-state index in [4.69, 9.17) is 0 Å². The molecule has 0 radical (unpaired) electrons. The van der Waals surface area contributed by atoms with Crippen LogP contribution in [-0.2, 0) is 0 Å². The highest BCUT2D eigenvalue weighted by molar-refractivity contribution is 6.03. The van der Waals surface area contributed by atoms with Crippen molar-refractivity contribution in [3.63, 3.8) is 0 Å². The fraction of sp³-hybridized carbons (Fsp3) is 0.312. The number of hydrogen-bond donors (Lipinski definition) is 2. The summed E-state index contributed by atoms with van der Waals surface area (Å²) in [4.78, 5) is 22.7. The van der Waals surface area contributed by atoms with Crippen LogP contribution < -0.4 is 10.6 Å². The number of hydrogen-bond acceptors (Lipinski definition) is 5. The lowest BCUT2D eigenvalue weighted by atomic mass is 10.3. The Labute approximate surface area is 134 Å². The van der Waals surface area contributed by atoms with Crippen LogP contribution in [0.4, 0.5) is 15.9 Å². The predicted octanol–water partition coefficient (Wildman–Crippen LogP) is 2.15. The van der Waals surface area contributed by atoms with Crippen molar-refractivity contribution in [3.8, 4) is 0 Å². The third kappa shape index (κ3) is 5.30. The van der Waals surface area contributed by atoms with E-state index in [2.05, 4.69) is 20.6 Å². The standard InChI is InChI=1S/C16H20FN5O/c1-11-19-14(10-15(20-11)18-7-8-22(2)3)16(23)21-13-6-4-5-12(17)9-13/h4-6,9-10H,7-8H2,1-3H3,(H,21,23)(H,18,19,20). The molecule has 0 saturated carbocycles. The molecule has 2 aromatic rings. The molecule has 0 aliphatic rings. The Bertz CT molecular complexity index is 690. The number of aryl methyl sites for hydroxylation is 1. The van der Waals surface area contributed by atoms with E-state index in [1.54, 1.807) is 19.1 Å². The van der Waals surface area contributed by atoms with E-state index in [1.807, 2.05) is 19.0 Å². The molecule has 0 saturated heterocycles. The first-order chi connectivity index (χ1) is 10.9. The van der Waals surface area contributed by atoms with E-state index in [-0.39, 0.29) is 5.69 Å². The summed E-state index contributed by atoms with van der Waals surface area (Å²) in [6, 6.07) is 7.30. The summed E-state index contributed by atoms with van der Waals surface area (Å²) < 4.78 is 13.2. The second-order valence-corrected chi connectivity index (χ2v) is 5.38. The van der Waals surface area contributed by atoms with Gasteiger partial charge < -0.3 is 15.5 Å². The Morgan fingerprint density at radius 1 is 1.26 bits per heavy atom. The summed E-state index contributed by atoms with van der Waals surface area (Å²) in [6.07, 6.45) is 0. The second-order valence-electron chi connectivity index (χ2n) is 5.38. The smallest absolute Gasteiger partial charge is 0.274 e.